The SMILES string of the molecule is Cn1cc([C@@H]2CN(c3nnnn3-c3ccccc3)C[C@H]2CO)cn1. The molecule has 0 radical (unpaired) electrons. The zero-order valence-electron chi connectivity index (χ0n) is 13.4. The number of aromatic nitrogens is 6. The molecule has 2 atom stereocenters. The summed E-state index contributed by atoms with van der Waals surface area (Å²) in [4.78, 5) is 2.13. The van der Waals surface area contributed by atoms with E-state index in [1.54, 1.807) is 9.36 Å². The van der Waals surface area contributed by atoms with Crippen LogP contribution in [0.1, 0.15) is 11.5 Å². The average molecular weight is 325 g/mol. The van der Waals surface area contributed by atoms with Gasteiger partial charge in [0.15, 0.2) is 0 Å². The Morgan fingerprint density at radius 2 is 2.04 bits per heavy atom. The van der Waals surface area contributed by atoms with Crippen LogP contribution in [0.2, 0.25) is 0 Å². The van der Waals surface area contributed by atoms with Gasteiger partial charge >= 0.3 is 0 Å². The van der Waals surface area contributed by atoms with Gasteiger partial charge in [-0.05, 0) is 28.1 Å². The van der Waals surface area contributed by atoms with Crippen molar-refractivity contribution in [2.24, 2.45) is 13.0 Å². The topological polar surface area (TPSA) is 84.9 Å². The van der Waals surface area contributed by atoms with Crippen LogP contribution < -0.4 is 4.90 Å². The largest absolute Gasteiger partial charge is 0.396 e. The maximum absolute atomic E-state index is 9.79. The van der Waals surface area contributed by atoms with Gasteiger partial charge in [0.05, 0.1) is 11.9 Å². The number of para-hydroxylation sites is 1. The third kappa shape index (κ3) is 2.54. The first-order valence-corrected chi connectivity index (χ1v) is 7.94. The van der Waals surface area contributed by atoms with Crippen molar-refractivity contribution < 1.29 is 5.11 Å². The van der Waals surface area contributed by atoms with Gasteiger partial charge in [0.1, 0.15) is 0 Å². The lowest BCUT2D eigenvalue weighted by atomic mass is 9.92. The number of aryl methyl sites for hydroxylation is 1. The molecule has 1 aliphatic heterocycles. The number of benzene rings is 1. The number of rotatable bonds is 4. The lowest BCUT2D eigenvalue weighted by Crippen LogP contribution is -2.24. The van der Waals surface area contributed by atoms with E-state index in [1.165, 1.54) is 0 Å². The summed E-state index contributed by atoms with van der Waals surface area (Å²) in [6.07, 6.45) is 3.88. The number of aliphatic hydroxyl groups excluding tert-OH is 1. The average Bonchev–Trinajstić information content (AvgIpc) is 3.33. The van der Waals surface area contributed by atoms with Crippen molar-refractivity contribution >= 4 is 5.95 Å². The van der Waals surface area contributed by atoms with Crippen LogP contribution in [-0.4, -0.2) is 54.8 Å². The first kappa shape index (κ1) is 14.8. The van der Waals surface area contributed by atoms with Crippen LogP contribution >= 0.6 is 0 Å². The Balaban J connectivity index is 1.64. The minimum absolute atomic E-state index is 0.128. The fraction of sp³-hybridized carbons (Fsp3) is 0.375. The summed E-state index contributed by atoms with van der Waals surface area (Å²) in [5.41, 5.74) is 2.06. The van der Waals surface area contributed by atoms with E-state index >= 15 is 0 Å². The van der Waals surface area contributed by atoms with Crippen LogP contribution in [0.5, 0.6) is 0 Å². The van der Waals surface area contributed by atoms with Crippen molar-refractivity contribution in [1.82, 2.24) is 30.0 Å². The summed E-state index contributed by atoms with van der Waals surface area (Å²) < 4.78 is 3.53. The second kappa shape index (κ2) is 6.04. The predicted octanol–water partition coefficient (Wildman–Crippen LogP) is 0.608. The van der Waals surface area contributed by atoms with Crippen LogP contribution in [0.25, 0.3) is 5.69 Å². The maximum atomic E-state index is 9.79. The Morgan fingerprint density at radius 3 is 2.75 bits per heavy atom. The van der Waals surface area contributed by atoms with E-state index in [0.717, 1.165) is 17.8 Å². The molecule has 1 aliphatic rings. The van der Waals surface area contributed by atoms with E-state index < -0.39 is 0 Å². The first-order valence-electron chi connectivity index (χ1n) is 7.94. The van der Waals surface area contributed by atoms with Gasteiger partial charge in [0.2, 0.25) is 5.95 Å². The summed E-state index contributed by atoms with van der Waals surface area (Å²) in [6.45, 7) is 1.59. The molecule has 3 aromatic rings. The summed E-state index contributed by atoms with van der Waals surface area (Å²) >= 11 is 0. The Morgan fingerprint density at radius 1 is 1.21 bits per heavy atom. The minimum Gasteiger partial charge on any atom is -0.396 e. The van der Waals surface area contributed by atoms with Crippen molar-refractivity contribution in [3.63, 3.8) is 0 Å². The molecule has 1 saturated heterocycles. The Bertz CT molecular complexity index is 813. The zero-order chi connectivity index (χ0) is 16.5. The standard InChI is InChI=1S/C16H19N7O/c1-21-8-12(7-17-21)15-10-22(9-13(15)11-24)16-18-19-20-23(16)14-5-3-2-4-6-14/h2-8,13,15,24H,9-11H2,1H3/t13-,15-/m0/s1. The van der Waals surface area contributed by atoms with Crippen LogP contribution in [0.4, 0.5) is 5.95 Å². The second-order valence-corrected chi connectivity index (χ2v) is 6.13. The fourth-order valence-electron chi connectivity index (χ4n) is 3.34. The highest BCUT2D eigenvalue weighted by Gasteiger charge is 2.36. The third-order valence-electron chi connectivity index (χ3n) is 4.57. The number of nitrogens with zero attached hydrogens (tertiary/aromatic N) is 7. The molecule has 1 aromatic carbocycles. The Kier molecular flexibility index (Phi) is 3.73. The molecule has 0 amide bonds. The second-order valence-electron chi connectivity index (χ2n) is 6.13. The van der Waals surface area contributed by atoms with E-state index in [0.29, 0.717) is 12.5 Å². The molecule has 0 bridgehead atoms. The van der Waals surface area contributed by atoms with E-state index in [9.17, 15) is 5.11 Å². The van der Waals surface area contributed by atoms with Crippen LogP contribution in [-0.2, 0) is 7.05 Å². The Hall–Kier alpha value is -2.74. The van der Waals surface area contributed by atoms with Crippen LogP contribution in [0.3, 0.4) is 0 Å². The van der Waals surface area contributed by atoms with Crippen LogP contribution in [0.15, 0.2) is 42.7 Å². The summed E-state index contributed by atoms with van der Waals surface area (Å²) in [7, 11) is 1.90. The number of hydrogen-bond donors (Lipinski definition) is 1. The van der Waals surface area contributed by atoms with Gasteiger partial charge in [-0.2, -0.15) is 9.78 Å². The quantitative estimate of drug-likeness (QED) is 0.756. The van der Waals surface area contributed by atoms with Crippen molar-refractivity contribution in [3.8, 4) is 5.69 Å². The molecule has 124 valence electrons. The lowest BCUT2D eigenvalue weighted by Gasteiger charge is -2.16. The number of tetrazole rings is 1. The van der Waals surface area contributed by atoms with Crippen LogP contribution in [0, 0.1) is 5.92 Å². The number of aliphatic hydroxyl groups is 1. The summed E-state index contributed by atoms with van der Waals surface area (Å²) in [6, 6.07) is 9.82. The predicted molar refractivity (Wildman–Crippen MR) is 87.9 cm³/mol. The Labute approximate surface area is 139 Å². The highest BCUT2D eigenvalue weighted by Crippen LogP contribution is 2.34. The molecular formula is C16H19N7O. The minimum atomic E-state index is 0.128. The summed E-state index contributed by atoms with van der Waals surface area (Å²) in [5.74, 6) is 1.05. The molecular weight excluding hydrogens is 306 g/mol. The molecule has 24 heavy (non-hydrogen) atoms. The molecule has 1 N–H and O–H groups in total. The summed E-state index contributed by atoms with van der Waals surface area (Å²) in [5, 5.41) is 26.2. The van der Waals surface area contributed by atoms with Crippen molar-refractivity contribution in [3.05, 3.63) is 48.3 Å². The van der Waals surface area contributed by atoms with Crippen molar-refractivity contribution in [2.75, 3.05) is 24.6 Å². The highest BCUT2D eigenvalue weighted by atomic mass is 16.3. The highest BCUT2D eigenvalue weighted by molar-refractivity contribution is 5.42. The van der Waals surface area contributed by atoms with Gasteiger partial charge in [0, 0.05) is 44.8 Å². The fourth-order valence-corrected chi connectivity index (χ4v) is 3.34. The van der Waals surface area contributed by atoms with Gasteiger partial charge < -0.3 is 10.0 Å². The molecule has 3 heterocycles. The van der Waals surface area contributed by atoms with Crippen molar-refractivity contribution in [1.29, 1.82) is 0 Å². The number of anilines is 1. The molecule has 8 nitrogen and oxygen atoms in total. The monoisotopic (exact) mass is 325 g/mol. The van der Waals surface area contributed by atoms with Gasteiger partial charge in [-0.1, -0.05) is 23.3 Å². The molecule has 2 aromatic heterocycles. The van der Waals surface area contributed by atoms with E-state index in [4.69, 9.17) is 0 Å². The normalized spacial score (nSPS) is 20.7. The maximum Gasteiger partial charge on any atom is 0.250 e. The third-order valence-corrected chi connectivity index (χ3v) is 4.57. The first-order chi connectivity index (χ1) is 11.8. The van der Waals surface area contributed by atoms with E-state index in [2.05, 4.69) is 25.5 Å². The molecule has 1 fully saturated rings. The van der Waals surface area contributed by atoms with E-state index in [1.807, 2.05) is 49.8 Å². The zero-order valence-corrected chi connectivity index (χ0v) is 13.4. The smallest absolute Gasteiger partial charge is 0.250 e. The van der Waals surface area contributed by atoms with Crippen molar-refractivity contribution in [2.45, 2.75) is 5.92 Å². The molecule has 0 spiro atoms. The molecule has 0 saturated carbocycles. The van der Waals surface area contributed by atoms with Gasteiger partial charge in [-0.3, -0.25) is 4.68 Å². The van der Waals surface area contributed by atoms with E-state index in [-0.39, 0.29) is 18.4 Å². The molecule has 8 heteroatoms. The van der Waals surface area contributed by atoms with Gasteiger partial charge in [0.25, 0.3) is 0 Å². The molecule has 0 aliphatic carbocycles. The number of hydrogen-bond acceptors (Lipinski definition) is 6. The van der Waals surface area contributed by atoms with Gasteiger partial charge in [-0.25, -0.2) is 0 Å². The molecule has 0 unspecified atom stereocenters. The lowest BCUT2D eigenvalue weighted by molar-refractivity contribution is 0.227. The molecule has 4 rings (SSSR count). The van der Waals surface area contributed by atoms with Gasteiger partial charge in [-0.15, -0.1) is 0 Å².